The molecule has 8 heteroatoms. The number of hydrogen-bond acceptors (Lipinski definition) is 5. The Kier molecular flexibility index (Phi) is 13.1. The Morgan fingerprint density at radius 3 is 1.21 bits per heavy atom. The van der Waals surface area contributed by atoms with Crippen molar-refractivity contribution in [3.8, 4) is 78.9 Å². The molecule has 0 radical (unpaired) electrons. The van der Waals surface area contributed by atoms with Gasteiger partial charge in [0.05, 0.1) is 56.9 Å². The van der Waals surface area contributed by atoms with Crippen LogP contribution in [0.1, 0.15) is 123 Å². The normalized spacial score (nSPS) is 14.6. The van der Waals surface area contributed by atoms with Crippen molar-refractivity contribution in [1.82, 2.24) is 24.1 Å². The van der Waals surface area contributed by atoms with E-state index in [0.717, 1.165) is 88.4 Å². The first-order chi connectivity index (χ1) is 59.0. The SMILES string of the molecule is [2H]c1c([2H])c([2H])c(-c2ccc3c(c2)N(c2c(-c4ccccc4)cc(C(C)(C)C)cc2-c2ccccc2)c2cc(-n4c5c([2H])c([2H])c([2H])c([2H])c5c5c([2H])c([2H])c([2H])c([2H])c54)cc4c2B3c2ccc(-n3c5ccc(C(C)(C)C)cc5c5cc(C(C)(C)C)ccc53)cc2N4c2ccc(C(C)(C)C)cc2-c2nc(-c3ccccc3)nc(-c3ccccc3)n2)c([2H])c1[2H]. The van der Waals surface area contributed by atoms with Crippen molar-refractivity contribution >= 4 is 101 Å². The number of aromatic nitrogens is 5. The fraction of sp³-hybridized carbons (Fsp3) is 0.155. The van der Waals surface area contributed by atoms with Gasteiger partial charge in [0.1, 0.15) is 0 Å². The monoisotopic (exact) mass is 1450 g/mol. The van der Waals surface area contributed by atoms with Gasteiger partial charge in [-0.05, 0) is 174 Å². The smallest absolute Gasteiger partial charge is 0.252 e. The second-order valence-electron chi connectivity index (χ2n) is 33.5. The maximum atomic E-state index is 10.3. The summed E-state index contributed by atoms with van der Waals surface area (Å²) < 4.78 is 129. The van der Waals surface area contributed by atoms with E-state index in [0.29, 0.717) is 62.7 Å². The van der Waals surface area contributed by atoms with Gasteiger partial charge in [0.15, 0.2) is 17.5 Å². The standard InChI is InChI=1S/C103H88BN7/c1-100(2,3)71-47-53-88-81(57-71)82-58-72(101(4,5)6)48-54-89(82)108(88)75-50-52-85-92(62-75)110(90-55-49-73(102(7,8)9)59-83(90)99-106-97(68-38-24-16-25-39-68)105-98(107-99)69-40-26-17-27-41-69)93-63-76(109-86-44-30-28-42-77(86)78-43-29-31-45-87(78)109)64-94-95(93)104(85)84-51-46-70(65-32-18-13-19-33-65)56-91(84)111(94)96-79(66-34-20-14-21-35-66)60-74(103(10,11)12)61-80(96)67-36-22-15-23-37-67/h13-64H,1-12H3/i13D,18D,19D,28D,29D,30D,31D,32D,33D,42D,43D,44D,45D. The summed E-state index contributed by atoms with van der Waals surface area (Å²) in [4.78, 5) is 20.9. The van der Waals surface area contributed by atoms with E-state index in [1.54, 1.807) is 4.57 Å². The molecule has 19 rings (SSSR count). The van der Waals surface area contributed by atoms with E-state index in [9.17, 15) is 16.4 Å². The van der Waals surface area contributed by atoms with Gasteiger partial charge in [0.25, 0.3) is 6.71 Å². The van der Waals surface area contributed by atoms with Crippen molar-refractivity contribution in [3.63, 3.8) is 0 Å². The minimum absolute atomic E-state index is 0.0251. The molecule has 0 unspecified atom stereocenters. The minimum Gasteiger partial charge on any atom is -0.311 e. The molecule has 0 N–H and O–H groups in total. The highest BCUT2D eigenvalue weighted by atomic mass is 15.2. The molecule has 0 atom stereocenters. The lowest BCUT2D eigenvalue weighted by molar-refractivity contribution is 0.590. The van der Waals surface area contributed by atoms with Gasteiger partial charge in [-0.1, -0.05) is 307 Å². The number of hydrogen-bond donors (Lipinski definition) is 0. The fourth-order valence-electron chi connectivity index (χ4n) is 16.5. The number of fused-ring (bicyclic) bond motifs is 10. The Bertz CT molecular complexity index is 7090. The molecule has 3 aromatic heterocycles. The molecular weight excluding hydrogens is 1350 g/mol. The third kappa shape index (κ3) is 11.8. The third-order valence-electron chi connectivity index (χ3n) is 22.3. The molecule has 17 aromatic rings. The summed E-state index contributed by atoms with van der Waals surface area (Å²) in [5, 5.41) is 1.91. The van der Waals surface area contributed by atoms with E-state index in [1.165, 1.54) is 11.1 Å². The van der Waals surface area contributed by atoms with Crippen LogP contribution in [0.5, 0.6) is 0 Å². The maximum Gasteiger partial charge on any atom is 0.252 e. The van der Waals surface area contributed by atoms with Crippen LogP contribution in [0, 0.1) is 0 Å². The number of benzene rings is 14. The van der Waals surface area contributed by atoms with Crippen molar-refractivity contribution in [3.05, 3.63) is 337 Å². The molecule has 7 nitrogen and oxygen atoms in total. The largest absolute Gasteiger partial charge is 0.311 e. The zero-order valence-corrected chi connectivity index (χ0v) is 64.2. The van der Waals surface area contributed by atoms with Crippen molar-refractivity contribution in [2.75, 3.05) is 9.80 Å². The molecule has 14 aromatic carbocycles. The highest BCUT2D eigenvalue weighted by Crippen LogP contribution is 2.55. The van der Waals surface area contributed by atoms with Gasteiger partial charge in [0.2, 0.25) is 0 Å². The molecule has 2 aliphatic heterocycles. The molecule has 0 bridgehead atoms. The van der Waals surface area contributed by atoms with Crippen LogP contribution in [0.3, 0.4) is 0 Å². The van der Waals surface area contributed by atoms with Crippen molar-refractivity contribution in [2.24, 2.45) is 0 Å². The van der Waals surface area contributed by atoms with E-state index < -0.39 is 96.1 Å². The average molecular weight is 1450 g/mol. The maximum absolute atomic E-state index is 10.3. The summed E-state index contributed by atoms with van der Waals surface area (Å²) in [6.45, 7) is 25.7. The van der Waals surface area contributed by atoms with Gasteiger partial charge < -0.3 is 18.9 Å². The Morgan fingerprint density at radius 1 is 0.279 bits per heavy atom. The highest BCUT2D eigenvalue weighted by Gasteiger charge is 2.46. The highest BCUT2D eigenvalue weighted by molar-refractivity contribution is 7.00. The van der Waals surface area contributed by atoms with Crippen LogP contribution in [-0.2, 0) is 21.7 Å². The lowest BCUT2D eigenvalue weighted by atomic mass is 9.33. The Morgan fingerprint density at radius 2 is 0.694 bits per heavy atom. The van der Waals surface area contributed by atoms with Gasteiger partial charge in [-0.25, -0.2) is 15.0 Å². The number of para-hydroxylation sites is 2. The minimum atomic E-state index is -0.785. The van der Waals surface area contributed by atoms with E-state index in [4.69, 9.17) is 16.3 Å². The number of rotatable bonds is 10. The van der Waals surface area contributed by atoms with Crippen molar-refractivity contribution in [1.29, 1.82) is 0 Å². The number of nitrogens with zero attached hydrogens (tertiary/aromatic N) is 7. The van der Waals surface area contributed by atoms with Gasteiger partial charge in [0, 0.05) is 77.8 Å². The molecule has 111 heavy (non-hydrogen) atoms. The molecular formula is C103H88BN7. The fourth-order valence-corrected chi connectivity index (χ4v) is 16.5. The summed E-state index contributed by atoms with van der Waals surface area (Å²) in [5.74, 6) is 1.18. The summed E-state index contributed by atoms with van der Waals surface area (Å²) in [6.07, 6.45) is 0. The van der Waals surface area contributed by atoms with Crippen LogP contribution < -0.4 is 26.2 Å². The molecule has 2 aliphatic rings. The van der Waals surface area contributed by atoms with E-state index in [1.807, 2.05) is 127 Å². The van der Waals surface area contributed by atoms with E-state index in [-0.39, 0.29) is 43.9 Å². The molecule has 0 fully saturated rings. The quantitative estimate of drug-likeness (QED) is 0.128. The molecule has 5 heterocycles. The first kappa shape index (κ1) is 55.7. The molecule has 0 saturated heterocycles. The zero-order valence-electron chi connectivity index (χ0n) is 77.2. The summed E-state index contributed by atoms with van der Waals surface area (Å²) in [5.41, 5.74) is 17.2. The predicted octanol–water partition coefficient (Wildman–Crippen LogP) is 25.3. The lowest BCUT2D eigenvalue weighted by Gasteiger charge is -2.46. The van der Waals surface area contributed by atoms with Crippen molar-refractivity contribution in [2.45, 2.75) is 105 Å². The predicted molar refractivity (Wildman–Crippen MR) is 470 cm³/mol. The molecule has 0 spiro atoms. The first-order valence-corrected chi connectivity index (χ1v) is 38.0. The van der Waals surface area contributed by atoms with Crippen LogP contribution in [0.25, 0.3) is 123 Å². The Hall–Kier alpha value is -12.6. The topological polar surface area (TPSA) is 55.0 Å². The van der Waals surface area contributed by atoms with E-state index in [2.05, 4.69) is 207 Å². The summed E-state index contributed by atoms with van der Waals surface area (Å²) in [7, 11) is 0. The number of anilines is 6. The van der Waals surface area contributed by atoms with Crippen LogP contribution in [-0.4, -0.2) is 30.8 Å². The first-order valence-electron chi connectivity index (χ1n) is 44.5. The Labute approximate surface area is 670 Å². The van der Waals surface area contributed by atoms with E-state index >= 15 is 0 Å². The lowest BCUT2D eigenvalue weighted by Crippen LogP contribution is -2.61. The second kappa shape index (κ2) is 26.0. The molecule has 0 aliphatic carbocycles. The molecule has 0 saturated carbocycles. The summed E-state index contributed by atoms with van der Waals surface area (Å²) in [6, 6.07) is 74.2. The molecule has 0 amide bonds. The average Bonchev–Trinajstić information content (AvgIpc) is 1.11. The second-order valence-corrected chi connectivity index (χ2v) is 33.5. The zero-order chi connectivity index (χ0) is 87.3. The Balaban J connectivity index is 1.06. The van der Waals surface area contributed by atoms with Gasteiger partial charge in [-0.15, -0.1) is 0 Å². The third-order valence-corrected chi connectivity index (χ3v) is 22.3. The van der Waals surface area contributed by atoms with Crippen LogP contribution >= 0.6 is 0 Å². The van der Waals surface area contributed by atoms with Crippen LogP contribution in [0.2, 0.25) is 0 Å². The summed E-state index contributed by atoms with van der Waals surface area (Å²) >= 11 is 0. The van der Waals surface area contributed by atoms with Crippen molar-refractivity contribution < 1.29 is 17.8 Å². The van der Waals surface area contributed by atoms with Crippen LogP contribution in [0.4, 0.5) is 34.1 Å². The van der Waals surface area contributed by atoms with Gasteiger partial charge in [-0.2, -0.15) is 0 Å². The molecule has 538 valence electrons. The van der Waals surface area contributed by atoms with Gasteiger partial charge >= 0.3 is 0 Å². The van der Waals surface area contributed by atoms with Gasteiger partial charge in [-0.3, -0.25) is 0 Å². The van der Waals surface area contributed by atoms with Crippen LogP contribution in [0.15, 0.2) is 315 Å².